The maximum absolute atomic E-state index is 8.94. The maximum Gasteiger partial charge on any atom is 0.133 e. The molecule has 1 aromatic carbocycles. The largest absolute Gasteiger partial charge is 0.236 e. The Labute approximate surface area is 98.4 Å². The van der Waals surface area contributed by atoms with Gasteiger partial charge in [-0.05, 0) is 18.6 Å². The van der Waals surface area contributed by atoms with Crippen molar-refractivity contribution in [1.29, 1.82) is 5.26 Å². The third kappa shape index (κ3) is 2.02. The van der Waals surface area contributed by atoms with E-state index in [1.54, 1.807) is 12.1 Å². The van der Waals surface area contributed by atoms with Crippen LogP contribution in [-0.2, 0) is 0 Å². The molecule has 0 bridgehead atoms. The Morgan fingerprint density at radius 2 is 2.06 bits per heavy atom. The predicted molar refractivity (Wildman–Crippen MR) is 61.9 cm³/mol. The minimum Gasteiger partial charge on any atom is -0.236 e. The van der Waals surface area contributed by atoms with Crippen LogP contribution < -0.4 is 0 Å². The molecular weight excluding hydrogens is 222 g/mol. The summed E-state index contributed by atoms with van der Waals surface area (Å²) >= 11 is 5.78. The van der Waals surface area contributed by atoms with Crippen molar-refractivity contribution in [2.24, 2.45) is 0 Å². The van der Waals surface area contributed by atoms with Crippen LogP contribution >= 0.6 is 11.6 Å². The Morgan fingerprint density at radius 3 is 2.75 bits per heavy atom. The molecule has 78 valence electrons. The zero-order valence-electron chi connectivity index (χ0n) is 8.61. The van der Waals surface area contributed by atoms with E-state index in [1.807, 2.05) is 19.1 Å². The second-order valence-corrected chi connectivity index (χ2v) is 3.75. The number of aryl methyl sites for hydroxylation is 1. The molecule has 1 heterocycles. The second-order valence-electron chi connectivity index (χ2n) is 3.37. The van der Waals surface area contributed by atoms with Gasteiger partial charge in [-0.3, -0.25) is 0 Å². The van der Waals surface area contributed by atoms with Gasteiger partial charge in [-0.25, -0.2) is 9.97 Å². The summed E-state index contributed by atoms with van der Waals surface area (Å²) in [7, 11) is 0. The monoisotopic (exact) mass is 229 g/mol. The first-order chi connectivity index (χ1) is 7.70. The number of hydrogen-bond acceptors (Lipinski definition) is 3. The molecule has 2 aromatic rings. The summed E-state index contributed by atoms with van der Waals surface area (Å²) in [6.07, 6.45) is 1.41. The van der Waals surface area contributed by atoms with Crippen LogP contribution in [0.5, 0.6) is 0 Å². The van der Waals surface area contributed by atoms with E-state index in [1.165, 1.54) is 6.33 Å². The number of nitriles is 1. The highest BCUT2D eigenvalue weighted by molar-refractivity contribution is 6.29. The lowest BCUT2D eigenvalue weighted by atomic mass is 10.0. The normalized spacial score (nSPS) is 9.81. The average Bonchev–Trinajstić information content (AvgIpc) is 2.29. The molecule has 0 aliphatic rings. The quantitative estimate of drug-likeness (QED) is 0.707. The summed E-state index contributed by atoms with van der Waals surface area (Å²) in [6, 6.07) is 9.42. The molecular formula is C12H8ClN3. The lowest BCUT2D eigenvalue weighted by Gasteiger charge is -2.03. The minimum atomic E-state index is 0.393. The van der Waals surface area contributed by atoms with Gasteiger partial charge in [-0.15, -0.1) is 0 Å². The number of halogens is 1. The van der Waals surface area contributed by atoms with Crippen LogP contribution in [0.2, 0.25) is 5.15 Å². The van der Waals surface area contributed by atoms with Crippen molar-refractivity contribution >= 4 is 11.6 Å². The van der Waals surface area contributed by atoms with Gasteiger partial charge in [0.25, 0.3) is 0 Å². The fraction of sp³-hybridized carbons (Fsp3) is 0.0833. The Bertz CT molecular complexity index is 573. The van der Waals surface area contributed by atoms with Crippen LogP contribution in [0, 0.1) is 18.3 Å². The summed E-state index contributed by atoms with van der Waals surface area (Å²) in [5.74, 6) is 0. The molecule has 0 amide bonds. The summed E-state index contributed by atoms with van der Waals surface area (Å²) in [6.45, 7) is 1.90. The SMILES string of the molecule is Cc1ccc(-c2cc(Cl)ncn2)cc1C#N. The van der Waals surface area contributed by atoms with Crippen molar-refractivity contribution in [2.75, 3.05) is 0 Å². The smallest absolute Gasteiger partial charge is 0.133 e. The second kappa shape index (κ2) is 4.30. The van der Waals surface area contributed by atoms with Crippen molar-refractivity contribution in [3.8, 4) is 17.3 Å². The molecule has 0 aliphatic heterocycles. The van der Waals surface area contributed by atoms with E-state index in [4.69, 9.17) is 16.9 Å². The molecule has 0 atom stereocenters. The molecule has 0 saturated heterocycles. The molecule has 3 nitrogen and oxygen atoms in total. The van der Waals surface area contributed by atoms with Crippen molar-refractivity contribution in [3.63, 3.8) is 0 Å². The third-order valence-corrected chi connectivity index (χ3v) is 2.49. The molecule has 0 unspecified atom stereocenters. The van der Waals surface area contributed by atoms with Crippen molar-refractivity contribution in [3.05, 3.63) is 46.9 Å². The van der Waals surface area contributed by atoms with E-state index in [0.29, 0.717) is 10.7 Å². The molecule has 1 aromatic heterocycles. The highest BCUT2D eigenvalue weighted by Gasteiger charge is 2.04. The summed E-state index contributed by atoms with van der Waals surface area (Å²) in [5.41, 5.74) is 3.18. The highest BCUT2D eigenvalue weighted by Crippen LogP contribution is 2.21. The fourth-order valence-electron chi connectivity index (χ4n) is 1.39. The predicted octanol–water partition coefficient (Wildman–Crippen LogP) is 2.98. The Morgan fingerprint density at radius 1 is 1.25 bits per heavy atom. The number of hydrogen-bond donors (Lipinski definition) is 0. The van der Waals surface area contributed by atoms with E-state index < -0.39 is 0 Å². The van der Waals surface area contributed by atoms with Crippen LogP contribution in [0.15, 0.2) is 30.6 Å². The lowest BCUT2D eigenvalue weighted by Crippen LogP contribution is -1.88. The topological polar surface area (TPSA) is 49.6 Å². The van der Waals surface area contributed by atoms with Gasteiger partial charge < -0.3 is 0 Å². The standard InChI is InChI=1S/C12H8ClN3/c1-8-2-3-9(4-10(8)6-14)11-5-12(13)16-7-15-11/h2-5,7H,1H3. The molecule has 2 rings (SSSR count). The number of rotatable bonds is 1. The average molecular weight is 230 g/mol. The number of aromatic nitrogens is 2. The van der Waals surface area contributed by atoms with Gasteiger partial charge >= 0.3 is 0 Å². The summed E-state index contributed by atoms with van der Waals surface area (Å²) < 4.78 is 0. The van der Waals surface area contributed by atoms with Gasteiger partial charge in [0.2, 0.25) is 0 Å². The molecule has 16 heavy (non-hydrogen) atoms. The number of benzene rings is 1. The zero-order chi connectivity index (χ0) is 11.5. The number of nitrogens with zero attached hydrogens (tertiary/aromatic N) is 3. The Kier molecular flexibility index (Phi) is 2.84. The first-order valence-corrected chi connectivity index (χ1v) is 5.07. The zero-order valence-corrected chi connectivity index (χ0v) is 9.36. The van der Waals surface area contributed by atoms with Gasteiger partial charge in [0, 0.05) is 11.6 Å². The van der Waals surface area contributed by atoms with Crippen LogP contribution in [-0.4, -0.2) is 9.97 Å². The molecule has 0 radical (unpaired) electrons. The third-order valence-electron chi connectivity index (χ3n) is 2.29. The molecule has 4 heteroatoms. The van der Waals surface area contributed by atoms with E-state index in [2.05, 4.69) is 16.0 Å². The van der Waals surface area contributed by atoms with Crippen LogP contribution in [0.3, 0.4) is 0 Å². The van der Waals surface area contributed by atoms with Gasteiger partial charge in [0.1, 0.15) is 11.5 Å². The van der Waals surface area contributed by atoms with Gasteiger partial charge in [-0.1, -0.05) is 23.7 Å². The maximum atomic E-state index is 8.94. The fourth-order valence-corrected chi connectivity index (χ4v) is 1.54. The van der Waals surface area contributed by atoms with E-state index in [9.17, 15) is 0 Å². The highest BCUT2D eigenvalue weighted by atomic mass is 35.5. The lowest BCUT2D eigenvalue weighted by molar-refractivity contribution is 1.17. The van der Waals surface area contributed by atoms with E-state index in [-0.39, 0.29) is 0 Å². The Balaban J connectivity index is 2.54. The van der Waals surface area contributed by atoms with E-state index in [0.717, 1.165) is 16.8 Å². The van der Waals surface area contributed by atoms with Crippen molar-refractivity contribution in [1.82, 2.24) is 9.97 Å². The van der Waals surface area contributed by atoms with Crippen LogP contribution in [0.25, 0.3) is 11.3 Å². The molecule has 0 N–H and O–H groups in total. The first-order valence-electron chi connectivity index (χ1n) is 4.69. The molecule has 0 fully saturated rings. The minimum absolute atomic E-state index is 0.393. The first kappa shape index (κ1) is 10.6. The van der Waals surface area contributed by atoms with Crippen molar-refractivity contribution in [2.45, 2.75) is 6.92 Å². The van der Waals surface area contributed by atoms with Gasteiger partial charge in [0.05, 0.1) is 17.3 Å². The Hall–Kier alpha value is -1.92. The summed E-state index contributed by atoms with van der Waals surface area (Å²) in [5, 5.41) is 9.33. The van der Waals surface area contributed by atoms with E-state index >= 15 is 0 Å². The van der Waals surface area contributed by atoms with Crippen LogP contribution in [0.4, 0.5) is 0 Å². The summed E-state index contributed by atoms with van der Waals surface area (Å²) in [4.78, 5) is 7.92. The van der Waals surface area contributed by atoms with Gasteiger partial charge in [0.15, 0.2) is 0 Å². The molecule has 0 aliphatic carbocycles. The van der Waals surface area contributed by atoms with Crippen molar-refractivity contribution < 1.29 is 0 Å². The molecule has 0 saturated carbocycles. The van der Waals surface area contributed by atoms with Gasteiger partial charge in [-0.2, -0.15) is 5.26 Å². The van der Waals surface area contributed by atoms with Crippen LogP contribution in [0.1, 0.15) is 11.1 Å². The molecule has 0 spiro atoms.